The summed E-state index contributed by atoms with van der Waals surface area (Å²) in [7, 11) is 1.58. The zero-order valence-corrected chi connectivity index (χ0v) is 16.3. The van der Waals surface area contributed by atoms with Crippen LogP contribution in [0.25, 0.3) is 5.57 Å². The van der Waals surface area contributed by atoms with Crippen LogP contribution in [-0.2, 0) is 9.59 Å². The molecule has 0 radical (unpaired) electrons. The van der Waals surface area contributed by atoms with Crippen molar-refractivity contribution in [2.75, 3.05) is 17.3 Å². The van der Waals surface area contributed by atoms with Gasteiger partial charge in [-0.15, -0.1) is 0 Å². The van der Waals surface area contributed by atoms with Crippen LogP contribution in [0, 0.1) is 0 Å². The Morgan fingerprint density at radius 2 is 1.59 bits per heavy atom. The molecule has 0 spiro atoms. The predicted octanol–water partition coefficient (Wildman–Crippen LogP) is 4.75. The number of carbonyl (C=O) groups is 2. The summed E-state index contributed by atoms with van der Waals surface area (Å²) in [5, 5.41) is 3.56. The Labute approximate surface area is 173 Å². The molecular formula is C23H17ClN2O3. The first-order valence-corrected chi connectivity index (χ1v) is 9.31. The molecule has 0 saturated heterocycles. The number of hydrogen-bond acceptors (Lipinski definition) is 4. The molecule has 0 fully saturated rings. The molecule has 0 bridgehead atoms. The number of nitrogens with one attached hydrogen (secondary N) is 1. The fraction of sp³-hybridized carbons (Fsp3) is 0.0435. The Bertz CT molecular complexity index is 1110. The molecule has 0 aromatic heterocycles. The zero-order chi connectivity index (χ0) is 20.4. The number of benzene rings is 3. The molecular weight excluding hydrogens is 388 g/mol. The van der Waals surface area contributed by atoms with Crippen molar-refractivity contribution in [3.63, 3.8) is 0 Å². The third-order valence-corrected chi connectivity index (χ3v) is 4.81. The first-order chi connectivity index (χ1) is 14.1. The summed E-state index contributed by atoms with van der Waals surface area (Å²) in [6, 6.07) is 22.9. The standard InChI is InChI=1S/C23H17ClN2O3/c1-29-19-12-10-17(11-13-19)25-21-20(15-6-3-2-4-7-15)22(27)26(23(21)28)18-9-5-8-16(24)14-18/h2-14,25H,1H3. The van der Waals surface area contributed by atoms with Gasteiger partial charge in [0.05, 0.1) is 18.4 Å². The molecule has 5 nitrogen and oxygen atoms in total. The summed E-state index contributed by atoms with van der Waals surface area (Å²) in [5.74, 6) is -0.145. The number of imide groups is 1. The van der Waals surface area contributed by atoms with Crippen molar-refractivity contribution in [2.45, 2.75) is 0 Å². The highest BCUT2D eigenvalue weighted by atomic mass is 35.5. The SMILES string of the molecule is COc1ccc(NC2=C(c3ccccc3)C(=O)N(c3cccc(Cl)c3)C2=O)cc1. The second-order valence-corrected chi connectivity index (χ2v) is 6.83. The van der Waals surface area contributed by atoms with E-state index >= 15 is 0 Å². The summed E-state index contributed by atoms with van der Waals surface area (Å²) in [5.41, 5.74) is 2.28. The second kappa shape index (κ2) is 7.81. The maximum absolute atomic E-state index is 13.3. The van der Waals surface area contributed by atoms with Crippen LogP contribution in [0.2, 0.25) is 5.02 Å². The maximum Gasteiger partial charge on any atom is 0.282 e. The molecule has 0 unspecified atom stereocenters. The summed E-state index contributed by atoms with van der Waals surface area (Å²) in [6.45, 7) is 0. The van der Waals surface area contributed by atoms with E-state index in [4.69, 9.17) is 16.3 Å². The highest BCUT2D eigenvalue weighted by molar-refractivity contribution is 6.46. The second-order valence-electron chi connectivity index (χ2n) is 6.40. The predicted molar refractivity (Wildman–Crippen MR) is 114 cm³/mol. The lowest BCUT2D eigenvalue weighted by Gasteiger charge is -2.15. The van der Waals surface area contributed by atoms with Crippen molar-refractivity contribution in [1.29, 1.82) is 0 Å². The van der Waals surface area contributed by atoms with Crippen LogP contribution in [0.5, 0.6) is 5.75 Å². The van der Waals surface area contributed by atoms with Crippen molar-refractivity contribution >= 4 is 40.4 Å². The average molecular weight is 405 g/mol. The van der Waals surface area contributed by atoms with Gasteiger partial charge in [-0.05, 0) is 48.0 Å². The molecule has 144 valence electrons. The molecule has 29 heavy (non-hydrogen) atoms. The number of amides is 2. The first kappa shape index (κ1) is 18.8. The number of rotatable bonds is 5. The Kier molecular flexibility index (Phi) is 5.06. The fourth-order valence-corrected chi connectivity index (χ4v) is 3.37. The third kappa shape index (κ3) is 3.60. The number of anilines is 2. The molecule has 1 aliphatic heterocycles. The number of hydrogen-bond donors (Lipinski definition) is 1. The van der Waals surface area contributed by atoms with Gasteiger partial charge in [-0.1, -0.05) is 48.0 Å². The molecule has 3 aromatic rings. The first-order valence-electron chi connectivity index (χ1n) is 8.93. The van der Waals surface area contributed by atoms with Crippen molar-refractivity contribution in [2.24, 2.45) is 0 Å². The molecule has 3 aromatic carbocycles. The van der Waals surface area contributed by atoms with Gasteiger partial charge in [0.25, 0.3) is 11.8 Å². The number of halogens is 1. The van der Waals surface area contributed by atoms with Gasteiger partial charge in [0.2, 0.25) is 0 Å². The summed E-state index contributed by atoms with van der Waals surface area (Å²) < 4.78 is 5.17. The quantitative estimate of drug-likeness (QED) is 0.624. The van der Waals surface area contributed by atoms with E-state index in [-0.39, 0.29) is 5.70 Å². The molecule has 0 saturated carbocycles. The number of methoxy groups -OCH3 is 1. The molecule has 1 heterocycles. The molecule has 2 amide bonds. The topological polar surface area (TPSA) is 58.6 Å². The van der Waals surface area contributed by atoms with E-state index < -0.39 is 11.8 Å². The molecule has 6 heteroatoms. The van der Waals surface area contributed by atoms with Crippen molar-refractivity contribution in [3.05, 3.63) is 95.1 Å². The average Bonchev–Trinajstić information content (AvgIpc) is 2.98. The minimum absolute atomic E-state index is 0.214. The van der Waals surface area contributed by atoms with Crippen LogP contribution < -0.4 is 15.0 Å². The smallest absolute Gasteiger partial charge is 0.282 e. The molecule has 4 rings (SSSR count). The molecule has 0 aliphatic carbocycles. The van der Waals surface area contributed by atoms with Gasteiger partial charge in [-0.2, -0.15) is 0 Å². The van der Waals surface area contributed by atoms with Gasteiger partial charge >= 0.3 is 0 Å². The van der Waals surface area contributed by atoms with E-state index in [2.05, 4.69) is 5.32 Å². The van der Waals surface area contributed by atoms with Crippen LogP contribution >= 0.6 is 11.6 Å². The van der Waals surface area contributed by atoms with Crippen LogP contribution in [0.1, 0.15) is 5.56 Å². The van der Waals surface area contributed by atoms with Crippen LogP contribution in [0.15, 0.2) is 84.6 Å². The minimum Gasteiger partial charge on any atom is -0.497 e. The number of carbonyl (C=O) groups excluding carboxylic acids is 2. The van der Waals surface area contributed by atoms with Crippen LogP contribution in [-0.4, -0.2) is 18.9 Å². The Morgan fingerprint density at radius 3 is 2.24 bits per heavy atom. The lowest BCUT2D eigenvalue weighted by atomic mass is 10.0. The van der Waals surface area contributed by atoms with Gasteiger partial charge in [0, 0.05) is 10.7 Å². The molecule has 1 N–H and O–H groups in total. The highest BCUT2D eigenvalue weighted by Gasteiger charge is 2.40. The molecule has 0 atom stereocenters. The highest BCUT2D eigenvalue weighted by Crippen LogP contribution is 2.34. The van der Waals surface area contributed by atoms with Gasteiger partial charge in [0.1, 0.15) is 11.4 Å². The Balaban J connectivity index is 1.79. The van der Waals surface area contributed by atoms with Gasteiger partial charge in [-0.25, -0.2) is 4.90 Å². The summed E-state index contributed by atoms with van der Waals surface area (Å²) in [4.78, 5) is 27.7. The van der Waals surface area contributed by atoms with E-state index in [1.165, 1.54) is 0 Å². The van der Waals surface area contributed by atoms with Crippen molar-refractivity contribution in [3.8, 4) is 5.75 Å². The minimum atomic E-state index is -0.438. The Hall–Kier alpha value is -3.57. The van der Waals surface area contributed by atoms with E-state index in [0.717, 1.165) is 4.90 Å². The zero-order valence-electron chi connectivity index (χ0n) is 15.6. The fourth-order valence-electron chi connectivity index (χ4n) is 3.19. The normalized spacial score (nSPS) is 13.8. The summed E-state index contributed by atoms with van der Waals surface area (Å²) >= 11 is 6.08. The lowest BCUT2D eigenvalue weighted by molar-refractivity contribution is -0.120. The Morgan fingerprint density at radius 1 is 0.862 bits per heavy atom. The van der Waals surface area contributed by atoms with Gasteiger partial charge in [0.15, 0.2) is 0 Å². The van der Waals surface area contributed by atoms with E-state index in [9.17, 15) is 9.59 Å². The monoisotopic (exact) mass is 404 g/mol. The number of ether oxygens (including phenoxy) is 1. The van der Waals surface area contributed by atoms with Gasteiger partial charge < -0.3 is 10.1 Å². The van der Waals surface area contributed by atoms with E-state index in [1.54, 1.807) is 67.8 Å². The van der Waals surface area contributed by atoms with E-state index in [0.29, 0.717) is 33.3 Å². The van der Waals surface area contributed by atoms with Crippen LogP contribution in [0.3, 0.4) is 0 Å². The third-order valence-electron chi connectivity index (χ3n) is 4.57. The summed E-state index contributed by atoms with van der Waals surface area (Å²) in [6.07, 6.45) is 0. The van der Waals surface area contributed by atoms with Crippen molar-refractivity contribution < 1.29 is 14.3 Å². The lowest BCUT2D eigenvalue weighted by Crippen LogP contribution is -2.32. The maximum atomic E-state index is 13.3. The van der Waals surface area contributed by atoms with Crippen LogP contribution in [0.4, 0.5) is 11.4 Å². The number of nitrogens with zero attached hydrogens (tertiary/aromatic N) is 1. The van der Waals surface area contributed by atoms with Gasteiger partial charge in [-0.3, -0.25) is 9.59 Å². The molecule has 1 aliphatic rings. The van der Waals surface area contributed by atoms with E-state index in [1.807, 2.05) is 18.2 Å². The largest absolute Gasteiger partial charge is 0.497 e. The van der Waals surface area contributed by atoms with Crippen molar-refractivity contribution in [1.82, 2.24) is 0 Å².